The van der Waals surface area contributed by atoms with Crippen molar-refractivity contribution < 1.29 is 9.90 Å². The summed E-state index contributed by atoms with van der Waals surface area (Å²) >= 11 is 0. The van der Waals surface area contributed by atoms with Crippen molar-refractivity contribution in [1.82, 2.24) is 0 Å². The number of aliphatic hydroxyl groups excluding tert-OH is 1. The minimum absolute atomic E-state index is 0.193. The van der Waals surface area contributed by atoms with E-state index < -0.39 is 0 Å². The van der Waals surface area contributed by atoms with E-state index in [2.05, 4.69) is 18.2 Å². The van der Waals surface area contributed by atoms with Crippen LogP contribution < -0.4 is 0 Å². The van der Waals surface area contributed by atoms with Gasteiger partial charge in [0.25, 0.3) is 0 Å². The van der Waals surface area contributed by atoms with Gasteiger partial charge in [0.15, 0.2) is 5.76 Å². The standard InChI is InChI=1S/C11H13NO2/c1-3-5-8-7-10(13)11(14)9(12-8)6-4-2/h3-4,14H,1-2,5-7H2. The molecule has 1 N–H and O–H groups in total. The first-order valence-corrected chi connectivity index (χ1v) is 4.42. The third-order valence-corrected chi connectivity index (χ3v) is 1.91. The van der Waals surface area contributed by atoms with E-state index in [0.717, 1.165) is 5.71 Å². The summed E-state index contributed by atoms with van der Waals surface area (Å²) in [5.74, 6) is -0.494. The van der Waals surface area contributed by atoms with Crippen molar-refractivity contribution in [3.05, 3.63) is 36.8 Å². The number of ketones is 1. The van der Waals surface area contributed by atoms with Crippen LogP contribution in [-0.2, 0) is 4.79 Å². The van der Waals surface area contributed by atoms with Gasteiger partial charge in [-0.3, -0.25) is 9.79 Å². The predicted octanol–water partition coefficient (Wildman–Crippen LogP) is 2.32. The molecule has 74 valence electrons. The molecule has 0 aliphatic carbocycles. The van der Waals surface area contributed by atoms with E-state index in [1.54, 1.807) is 12.2 Å². The number of aliphatic imine (C=N–C) groups is 1. The SMILES string of the molecule is C=CCC1=NC(CC=C)=C(O)C(=O)C1. The fourth-order valence-corrected chi connectivity index (χ4v) is 1.28. The lowest BCUT2D eigenvalue weighted by Gasteiger charge is -2.12. The van der Waals surface area contributed by atoms with Crippen molar-refractivity contribution in [3.8, 4) is 0 Å². The van der Waals surface area contributed by atoms with Crippen LogP contribution in [0.5, 0.6) is 0 Å². The Kier molecular flexibility index (Phi) is 3.40. The van der Waals surface area contributed by atoms with Crippen LogP contribution in [0.4, 0.5) is 0 Å². The van der Waals surface area contributed by atoms with Gasteiger partial charge in [0, 0.05) is 18.6 Å². The molecular formula is C11H13NO2. The molecule has 1 heterocycles. The van der Waals surface area contributed by atoms with Gasteiger partial charge in [0.1, 0.15) is 0 Å². The molecule has 1 aliphatic heterocycles. The lowest BCUT2D eigenvalue weighted by molar-refractivity contribution is -0.117. The number of carbonyl (C=O) groups excluding carboxylic acids is 1. The van der Waals surface area contributed by atoms with E-state index in [1.807, 2.05) is 0 Å². The van der Waals surface area contributed by atoms with E-state index in [4.69, 9.17) is 0 Å². The summed E-state index contributed by atoms with van der Waals surface area (Å²) < 4.78 is 0. The Labute approximate surface area is 83.2 Å². The van der Waals surface area contributed by atoms with Gasteiger partial charge in [-0.15, -0.1) is 13.2 Å². The molecule has 0 bridgehead atoms. The number of aliphatic hydroxyl groups is 1. The maximum absolute atomic E-state index is 11.3. The van der Waals surface area contributed by atoms with E-state index in [-0.39, 0.29) is 18.0 Å². The second-order valence-corrected chi connectivity index (χ2v) is 3.06. The first-order chi connectivity index (χ1) is 6.69. The van der Waals surface area contributed by atoms with E-state index in [9.17, 15) is 9.90 Å². The molecule has 0 fully saturated rings. The fourth-order valence-electron chi connectivity index (χ4n) is 1.28. The van der Waals surface area contributed by atoms with Gasteiger partial charge < -0.3 is 5.11 Å². The van der Waals surface area contributed by atoms with E-state index in [0.29, 0.717) is 18.5 Å². The average molecular weight is 191 g/mol. The Bertz CT molecular complexity index is 337. The summed E-state index contributed by atoms with van der Waals surface area (Å²) in [7, 11) is 0. The molecule has 1 rings (SSSR count). The number of hydrogen-bond acceptors (Lipinski definition) is 3. The highest BCUT2D eigenvalue weighted by Crippen LogP contribution is 2.19. The molecule has 0 aromatic heterocycles. The average Bonchev–Trinajstić information content (AvgIpc) is 2.14. The summed E-state index contributed by atoms with van der Waals surface area (Å²) in [5, 5.41) is 9.40. The molecule has 0 amide bonds. The van der Waals surface area contributed by atoms with Crippen molar-refractivity contribution in [2.75, 3.05) is 0 Å². The smallest absolute Gasteiger partial charge is 0.204 e. The zero-order chi connectivity index (χ0) is 10.6. The van der Waals surface area contributed by atoms with Gasteiger partial charge >= 0.3 is 0 Å². The number of carbonyl (C=O) groups is 1. The molecule has 0 aromatic carbocycles. The monoisotopic (exact) mass is 191 g/mol. The van der Waals surface area contributed by atoms with Crippen LogP contribution in [0.1, 0.15) is 19.3 Å². The van der Waals surface area contributed by atoms with Gasteiger partial charge in [-0.2, -0.15) is 0 Å². The summed E-state index contributed by atoms with van der Waals surface area (Å²) in [6, 6.07) is 0. The first-order valence-electron chi connectivity index (χ1n) is 4.42. The van der Waals surface area contributed by atoms with Gasteiger partial charge in [-0.25, -0.2) is 0 Å². The lowest BCUT2D eigenvalue weighted by atomic mass is 10.0. The highest BCUT2D eigenvalue weighted by atomic mass is 16.3. The minimum atomic E-state index is -0.270. The molecule has 1 aliphatic rings. The Morgan fingerprint density at radius 2 is 2.00 bits per heavy atom. The summed E-state index contributed by atoms with van der Waals surface area (Å²) in [6.45, 7) is 7.12. The Morgan fingerprint density at radius 3 is 2.57 bits per heavy atom. The maximum Gasteiger partial charge on any atom is 0.204 e. The zero-order valence-electron chi connectivity index (χ0n) is 7.99. The topological polar surface area (TPSA) is 49.7 Å². The third kappa shape index (κ3) is 2.19. The van der Waals surface area contributed by atoms with Gasteiger partial charge in [-0.1, -0.05) is 12.2 Å². The predicted molar refractivity (Wildman–Crippen MR) is 56.3 cm³/mol. The molecule has 0 saturated carbocycles. The highest BCUT2D eigenvalue weighted by molar-refractivity contribution is 6.11. The molecule has 3 heteroatoms. The van der Waals surface area contributed by atoms with E-state index in [1.165, 1.54) is 0 Å². The number of nitrogens with zero attached hydrogens (tertiary/aromatic N) is 1. The summed E-state index contributed by atoms with van der Waals surface area (Å²) in [4.78, 5) is 15.5. The van der Waals surface area contributed by atoms with Crippen LogP contribution in [-0.4, -0.2) is 16.6 Å². The van der Waals surface area contributed by atoms with Crippen LogP contribution in [0.25, 0.3) is 0 Å². The second-order valence-electron chi connectivity index (χ2n) is 3.06. The number of rotatable bonds is 4. The molecule has 0 spiro atoms. The molecule has 0 radical (unpaired) electrons. The number of Topliss-reactive ketones (excluding diaryl/α,β-unsaturated/α-hetero) is 1. The molecule has 0 aromatic rings. The van der Waals surface area contributed by atoms with Crippen LogP contribution in [0.15, 0.2) is 41.8 Å². The Balaban J connectivity index is 2.95. The summed E-state index contributed by atoms with van der Waals surface area (Å²) in [5.41, 5.74) is 1.16. The molecule has 0 unspecified atom stereocenters. The largest absolute Gasteiger partial charge is 0.503 e. The van der Waals surface area contributed by atoms with Gasteiger partial charge in [0.05, 0.1) is 12.1 Å². The van der Waals surface area contributed by atoms with Gasteiger partial charge in [0.2, 0.25) is 5.78 Å². The van der Waals surface area contributed by atoms with Crippen molar-refractivity contribution in [3.63, 3.8) is 0 Å². The van der Waals surface area contributed by atoms with Crippen molar-refractivity contribution in [2.24, 2.45) is 4.99 Å². The molecule has 0 atom stereocenters. The summed E-state index contributed by atoms with van der Waals surface area (Å²) in [6.07, 6.45) is 4.50. The Morgan fingerprint density at radius 1 is 1.36 bits per heavy atom. The molecule has 0 saturated heterocycles. The van der Waals surface area contributed by atoms with Crippen molar-refractivity contribution >= 4 is 11.5 Å². The normalized spacial score (nSPS) is 16.6. The van der Waals surface area contributed by atoms with Crippen LogP contribution in [0.2, 0.25) is 0 Å². The van der Waals surface area contributed by atoms with Crippen LogP contribution in [0, 0.1) is 0 Å². The second kappa shape index (κ2) is 4.56. The van der Waals surface area contributed by atoms with Gasteiger partial charge in [-0.05, 0) is 0 Å². The molecule has 3 nitrogen and oxygen atoms in total. The fraction of sp³-hybridized carbons (Fsp3) is 0.273. The minimum Gasteiger partial charge on any atom is -0.503 e. The third-order valence-electron chi connectivity index (χ3n) is 1.91. The highest BCUT2D eigenvalue weighted by Gasteiger charge is 2.20. The first kappa shape index (κ1) is 10.4. The molecular weight excluding hydrogens is 178 g/mol. The Hall–Kier alpha value is -1.64. The van der Waals surface area contributed by atoms with Crippen LogP contribution in [0.3, 0.4) is 0 Å². The maximum atomic E-state index is 11.3. The number of allylic oxidation sites excluding steroid dienone is 3. The van der Waals surface area contributed by atoms with Crippen molar-refractivity contribution in [1.29, 1.82) is 0 Å². The zero-order valence-corrected chi connectivity index (χ0v) is 7.99. The lowest BCUT2D eigenvalue weighted by Crippen LogP contribution is -2.16. The molecule has 14 heavy (non-hydrogen) atoms. The van der Waals surface area contributed by atoms with Crippen LogP contribution >= 0.6 is 0 Å². The van der Waals surface area contributed by atoms with Crippen molar-refractivity contribution in [2.45, 2.75) is 19.3 Å². The number of hydrogen-bond donors (Lipinski definition) is 1. The quantitative estimate of drug-likeness (QED) is 0.693. The van der Waals surface area contributed by atoms with E-state index >= 15 is 0 Å².